The van der Waals surface area contributed by atoms with Gasteiger partial charge in [0, 0.05) is 6.42 Å². The Kier molecular flexibility index (Phi) is 28.7. The van der Waals surface area contributed by atoms with Gasteiger partial charge in [-0.3, -0.25) is 47.9 Å². The summed E-state index contributed by atoms with van der Waals surface area (Å²) in [5, 5.41) is 51.4. The molecule has 0 aliphatic heterocycles. The third-order valence-corrected chi connectivity index (χ3v) is 11.5. The smallest absolute Gasteiger partial charge is 0.326 e. The maximum atomic E-state index is 13.8. The van der Waals surface area contributed by atoms with E-state index < -0.39 is 150 Å². The van der Waals surface area contributed by atoms with Crippen molar-refractivity contribution in [2.24, 2.45) is 35.3 Å². The number of carboxylic acid groups (broad SMARTS) is 2. The molecule has 0 aliphatic carbocycles. The maximum absolute atomic E-state index is 13.8. The van der Waals surface area contributed by atoms with Crippen molar-refractivity contribution in [3.05, 3.63) is 0 Å². The van der Waals surface area contributed by atoms with Crippen molar-refractivity contribution in [2.45, 2.75) is 189 Å². The van der Waals surface area contributed by atoms with E-state index >= 15 is 0 Å². The summed E-state index contributed by atoms with van der Waals surface area (Å²) in [5.41, 5.74) is 5.80. The quantitative estimate of drug-likeness (QED) is 0.0366. The minimum Gasteiger partial charge on any atom is -0.481 e. The van der Waals surface area contributed by atoms with Crippen LogP contribution in [-0.2, 0) is 52.7 Å². The second-order valence-electron chi connectivity index (χ2n) is 19.2. The minimum atomic E-state index is -1.58. The molecule has 0 aromatic carbocycles. The molecule has 400 valence electrons. The van der Waals surface area contributed by atoms with Crippen LogP contribution in [0.15, 0.2) is 0 Å². The Morgan fingerprint density at radius 3 is 1.30 bits per heavy atom. The predicted octanol–water partition coefficient (Wildman–Crippen LogP) is -1.48. The topological polar surface area (TPSA) is 383 Å². The average Bonchev–Trinajstić information content (AvgIpc) is 3.26. The van der Waals surface area contributed by atoms with Gasteiger partial charge in [-0.2, -0.15) is 0 Å². The van der Waals surface area contributed by atoms with Crippen molar-refractivity contribution in [2.75, 3.05) is 6.54 Å². The normalized spacial score (nSPS) is 16.5. The molecule has 0 unspecified atom stereocenters. The molecule has 0 saturated carbocycles. The number of nitrogens with two attached hydrogens (primary N) is 1. The summed E-state index contributed by atoms with van der Waals surface area (Å²) in [6, 6.07) is -11.3. The lowest BCUT2D eigenvalue weighted by atomic mass is 9.96. The van der Waals surface area contributed by atoms with E-state index in [4.69, 9.17) is 10.8 Å². The van der Waals surface area contributed by atoms with Gasteiger partial charge in [0.15, 0.2) is 0 Å². The van der Waals surface area contributed by atoms with E-state index in [-0.39, 0.29) is 37.5 Å². The zero-order valence-electron chi connectivity index (χ0n) is 43.0. The largest absolute Gasteiger partial charge is 0.481 e. The zero-order chi connectivity index (χ0) is 54.3. The van der Waals surface area contributed by atoms with E-state index in [1.54, 1.807) is 69.2 Å². The van der Waals surface area contributed by atoms with Crippen LogP contribution in [0.3, 0.4) is 0 Å². The van der Waals surface area contributed by atoms with Crippen LogP contribution in [-0.4, -0.2) is 147 Å². The fraction of sp³-hybridized carbons (Fsp3) is 0.761. The third-order valence-electron chi connectivity index (χ3n) is 11.5. The second-order valence-corrected chi connectivity index (χ2v) is 19.2. The van der Waals surface area contributed by atoms with Crippen LogP contribution in [0.5, 0.6) is 0 Å². The fourth-order valence-electron chi connectivity index (χ4n) is 6.74. The molecule has 0 heterocycles. The van der Waals surface area contributed by atoms with Crippen molar-refractivity contribution in [3.8, 4) is 0 Å². The standard InChI is InChI=1S/C46H82N10O14/c1-14-24(9)35(55-39(62)27(12)49-38(61)26(11)50-41(64)30(18-21(3)4)51-40(63)29(47)16-17-33(59)60)43(66)48-20-32(58)53-36(25(10)15-2)44(67)52-31(19-22(5)6)42(65)56-37(28(13)57)45(68)54-34(23(7)8)46(69)70/h21-31,34-37,57H,14-20,47H2,1-13H3,(H,48,66)(H,49,61)(H,50,64)(H,51,63)(H,52,67)(H,53,58)(H,54,68)(H,55,62)(H,56,65)(H,59,60)(H,69,70)/t24-,25-,26-,27-,28+,29-,30-,31-,34-,35-,36-,37-/m0/s1. The molecule has 0 fully saturated rings. The van der Waals surface area contributed by atoms with Gasteiger partial charge in [0.2, 0.25) is 53.2 Å². The number of hydrogen-bond acceptors (Lipinski definition) is 13. The average molecular weight is 999 g/mol. The van der Waals surface area contributed by atoms with Crippen molar-refractivity contribution >= 4 is 65.1 Å². The summed E-state index contributed by atoms with van der Waals surface area (Å²) in [6.07, 6.45) is -0.941. The van der Waals surface area contributed by atoms with Crippen molar-refractivity contribution in [1.82, 2.24) is 47.9 Å². The molecule has 24 nitrogen and oxygen atoms in total. The summed E-state index contributed by atoms with van der Waals surface area (Å²) in [5.74, 6) is -11.3. The van der Waals surface area contributed by atoms with Gasteiger partial charge in [-0.1, -0.05) is 82.1 Å². The van der Waals surface area contributed by atoms with Gasteiger partial charge < -0.3 is 68.9 Å². The van der Waals surface area contributed by atoms with E-state index in [0.717, 1.165) is 0 Å². The Labute approximate surface area is 411 Å². The molecule has 0 aromatic rings. The number of aliphatic carboxylic acids is 2. The highest BCUT2D eigenvalue weighted by molar-refractivity contribution is 5.98. The lowest BCUT2D eigenvalue weighted by Gasteiger charge is -2.29. The van der Waals surface area contributed by atoms with Crippen LogP contribution >= 0.6 is 0 Å². The molecule has 12 atom stereocenters. The second kappa shape index (κ2) is 31.3. The SMILES string of the molecule is CC[C@H](C)[C@H](NC(=O)CNC(=O)[C@@H](NC(=O)[C@H](C)NC(=O)[C@H](C)NC(=O)[C@H](CC(C)C)NC(=O)[C@@H](N)CCC(=O)O)[C@@H](C)CC)C(=O)N[C@@H](CC(C)C)C(=O)N[C@H](C(=O)N[C@H](C(=O)O)C(C)C)[C@@H](C)O. The van der Waals surface area contributed by atoms with Crippen LogP contribution < -0.4 is 53.6 Å². The first kappa shape index (κ1) is 64.1. The number of aliphatic hydroxyl groups excluding tert-OH is 1. The van der Waals surface area contributed by atoms with Gasteiger partial charge in [0.1, 0.15) is 48.3 Å². The number of carboxylic acids is 2. The summed E-state index contributed by atoms with van der Waals surface area (Å²) < 4.78 is 0. The first-order valence-electron chi connectivity index (χ1n) is 24.0. The van der Waals surface area contributed by atoms with Gasteiger partial charge >= 0.3 is 11.9 Å². The lowest BCUT2D eigenvalue weighted by Crippen LogP contribution is -2.61. The molecule has 0 spiro atoms. The zero-order valence-corrected chi connectivity index (χ0v) is 43.0. The molecular formula is C46H82N10O14. The highest BCUT2D eigenvalue weighted by Crippen LogP contribution is 2.13. The summed E-state index contributed by atoms with van der Waals surface area (Å²) in [4.78, 5) is 142. The molecule has 0 bridgehead atoms. The number of rotatable bonds is 32. The number of aliphatic hydroxyl groups is 1. The Morgan fingerprint density at radius 2 is 0.871 bits per heavy atom. The Morgan fingerprint density at radius 1 is 0.471 bits per heavy atom. The monoisotopic (exact) mass is 999 g/mol. The Balaban J connectivity index is 5.88. The molecule has 24 heteroatoms. The molecular weight excluding hydrogens is 917 g/mol. The number of carbonyl (C=O) groups excluding carboxylic acids is 9. The molecule has 0 aliphatic rings. The number of hydrogen-bond donors (Lipinski definition) is 13. The third kappa shape index (κ3) is 23.1. The van der Waals surface area contributed by atoms with E-state index in [0.29, 0.717) is 12.8 Å². The number of nitrogens with one attached hydrogen (secondary N) is 9. The van der Waals surface area contributed by atoms with Gasteiger partial charge in [-0.25, -0.2) is 4.79 Å². The van der Waals surface area contributed by atoms with Crippen molar-refractivity contribution < 1.29 is 68.1 Å². The number of amides is 9. The summed E-state index contributed by atoms with van der Waals surface area (Å²) in [7, 11) is 0. The van der Waals surface area contributed by atoms with E-state index in [1.165, 1.54) is 20.8 Å². The van der Waals surface area contributed by atoms with Crippen LogP contribution in [0, 0.1) is 29.6 Å². The first-order chi connectivity index (χ1) is 32.4. The van der Waals surface area contributed by atoms with E-state index in [1.807, 2.05) is 0 Å². The molecule has 14 N–H and O–H groups in total. The summed E-state index contributed by atoms with van der Waals surface area (Å²) in [6.45, 7) is 20.5. The predicted molar refractivity (Wildman–Crippen MR) is 257 cm³/mol. The first-order valence-corrected chi connectivity index (χ1v) is 24.0. The van der Waals surface area contributed by atoms with Gasteiger partial charge in [-0.05, 0) is 69.6 Å². The van der Waals surface area contributed by atoms with Gasteiger partial charge in [-0.15, -0.1) is 0 Å². The van der Waals surface area contributed by atoms with Crippen LogP contribution in [0.2, 0.25) is 0 Å². The highest BCUT2D eigenvalue weighted by Gasteiger charge is 2.36. The highest BCUT2D eigenvalue weighted by atomic mass is 16.4. The molecule has 70 heavy (non-hydrogen) atoms. The van der Waals surface area contributed by atoms with Gasteiger partial charge in [0.05, 0.1) is 18.7 Å². The lowest BCUT2D eigenvalue weighted by molar-refractivity contribution is -0.144. The Bertz CT molecular complexity index is 1810. The van der Waals surface area contributed by atoms with E-state index in [2.05, 4.69) is 47.9 Å². The molecule has 0 aromatic heterocycles. The maximum Gasteiger partial charge on any atom is 0.326 e. The fourth-order valence-corrected chi connectivity index (χ4v) is 6.74. The van der Waals surface area contributed by atoms with Crippen molar-refractivity contribution in [1.29, 1.82) is 0 Å². The van der Waals surface area contributed by atoms with Crippen LogP contribution in [0.1, 0.15) is 129 Å². The molecule has 0 radical (unpaired) electrons. The van der Waals surface area contributed by atoms with Crippen LogP contribution in [0.25, 0.3) is 0 Å². The molecule has 0 saturated heterocycles. The Hall–Kier alpha value is -5.91. The molecule has 0 rings (SSSR count). The van der Waals surface area contributed by atoms with Crippen LogP contribution in [0.4, 0.5) is 0 Å². The van der Waals surface area contributed by atoms with Crippen molar-refractivity contribution in [3.63, 3.8) is 0 Å². The number of carbonyl (C=O) groups is 11. The van der Waals surface area contributed by atoms with E-state index in [9.17, 15) is 63.0 Å². The molecule has 9 amide bonds. The summed E-state index contributed by atoms with van der Waals surface area (Å²) >= 11 is 0. The minimum absolute atomic E-state index is 0.0723. The van der Waals surface area contributed by atoms with Gasteiger partial charge in [0.25, 0.3) is 0 Å².